The summed E-state index contributed by atoms with van der Waals surface area (Å²) in [6.45, 7) is 4.61. The first-order valence-electron chi connectivity index (χ1n) is 7.26. The van der Waals surface area contributed by atoms with Crippen molar-refractivity contribution in [3.63, 3.8) is 0 Å². The number of hydrogen-bond acceptors (Lipinski definition) is 2. The van der Waals surface area contributed by atoms with E-state index in [-0.39, 0.29) is 6.04 Å². The molecule has 4 heteroatoms. The van der Waals surface area contributed by atoms with Crippen molar-refractivity contribution >= 4 is 22.5 Å². The number of aromatic nitrogens is 1. The van der Waals surface area contributed by atoms with E-state index in [2.05, 4.69) is 24.5 Å². The second kappa shape index (κ2) is 5.93. The van der Waals surface area contributed by atoms with E-state index in [1.54, 1.807) is 12.1 Å². The first-order chi connectivity index (χ1) is 10.6. The van der Waals surface area contributed by atoms with E-state index in [1.807, 2.05) is 30.3 Å². The summed E-state index contributed by atoms with van der Waals surface area (Å²) in [6.07, 6.45) is 0. The third-order valence-corrected chi connectivity index (χ3v) is 3.85. The van der Waals surface area contributed by atoms with Gasteiger partial charge in [0.1, 0.15) is 18.1 Å². The second-order valence-electron chi connectivity index (χ2n) is 5.56. The molecule has 0 saturated carbocycles. The molecule has 0 aliphatic carbocycles. The summed E-state index contributed by atoms with van der Waals surface area (Å²) in [4.78, 5) is 0. The number of benzene rings is 2. The van der Waals surface area contributed by atoms with Gasteiger partial charge in [-0.25, -0.2) is 0 Å². The van der Waals surface area contributed by atoms with Crippen LogP contribution in [-0.4, -0.2) is 9.67 Å². The van der Waals surface area contributed by atoms with Crippen LogP contribution in [0.2, 0.25) is 5.02 Å². The highest BCUT2D eigenvalue weighted by atomic mass is 35.5. The van der Waals surface area contributed by atoms with Crippen LogP contribution in [0.25, 0.3) is 10.9 Å². The Morgan fingerprint density at radius 3 is 2.64 bits per heavy atom. The van der Waals surface area contributed by atoms with E-state index in [0.29, 0.717) is 17.4 Å². The second-order valence-corrected chi connectivity index (χ2v) is 6.00. The SMILES string of the molecule is CC(C)n1c(COc2cccc(Cl)c2)cc2cccc(O)c21. The Bertz CT molecular complexity index is 808. The number of nitrogens with zero attached hydrogens (tertiary/aromatic N) is 1. The molecule has 3 rings (SSSR count). The van der Waals surface area contributed by atoms with Gasteiger partial charge < -0.3 is 14.4 Å². The Morgan fingerprint density at radius 1 is 1.14 bits per heavy atom. The Balaban J connectivity index is 1.96. The standard InChI is InChI=1S/C18H18ClNO2/c1-12(2)20-15(9-13-5-3-8-17(21)18(13)20)11-22-16-7-4-6-14(19)10-16/h3-10,12,21H,11H2,1-2H3. The van der Waals surface area contributed by atoms with Gasteiger partial charge >= 0.3 is 0 Å². The van der Waals surface area contributed by atoms with Gasteiger partial charge in [0.15, 0.2) is 0 Å². The molecule has 0 unspecified atom stereocenters. The molecule has 0 fully saturated rings. The number of fused-ring (bicyclic) bond motifs is 1. The fraction of sp³-hybridized carbons (Fsp3) is 0.222. The third kappa shape index (κ3) is 2.77. The van der Waals surface area contributed by atoms with Crippen LogP contribution in [0.3, 0.4) is 0 Å². The van der Waals surface area contributed by atoms with Crippen LogP contribution < -0.4 is 4.74 Å². The lowest BCUT2D eigenvalue weighted by atomic mass is 10.2. The minimum atomic E-state index is 0.226. The van der Waals surface area contributed by atoms with Crippen molar-refractivity contribution in [2.45, 2.75) is 26.5 Å². The predicted molar refractivity (Wildman–Crippen MR) is 89.8 cm³/mol. The van der Waals surface area contributed by atoms with Crippen LogP contribution >= 0.6 is 11.6 Å². The predicted octanol–water partition coefficient (Wildman–Crippen LogP) is 5.16. The molecule has 2 aromatic carbocycles. The molecular formula is C18H18ClNO2. The highest BCUT2D eigenvalue weighted by Crippen LogP contribution is 2.31. The zero-order chi connectivity index (χ0) is 15.7. The Morgan fingerprint density at radius 2 is 1.91 bits per heavy atom. The quantitative estimate of drug-likeness (QED) is 0.721. The van der Waals surface area contributed by atoms with Gasteiger partial charge in [-0.05, 0) is 44.2 Å². The molecule has 1 N–H and O–H groups in total. The lowest BCUT2D eigenvalue weighted by molar-refractivity contribution is 0.293. The number of halogens is 1. The van der Waals surface area contributed by atoms with Gasteiger partial charge in [-0.3, -0.25) is 0 Å². The van der Waals surface area contributed by atoms with E-state index in [9.17, 15) is 5.11 Å². The van der Waals surface area contributed by atoms with Crippen molar-refractivity contribution in [2.24, 2.45) is 0 Å². The molecule has 114 valence electrons. The first kappa shape index (κ1) is 14.8. The summed E-state index contributed by atoms with van der Waals surface area (Å²) in [5.74, 6) is 1.03. The average molecular weight is 316 g/mol. The van der Waals surface area contributed by atoms with Crippen molar-refractivity contribution < 1.29 is 9.84 Å². The minimum Gasteiger partial charge on any atom is -0.506 e. The summed E-state index contributed by atoms with van der Waals surface area (Å²) in [5.41, 5.74) is 1.87. The molecule has 0 saturated heterocycles. The summed E-state index contributed by atoms with van der Waals surface area (Å²) < 4.78 is 7.95. The highest BCUT2D eigenvalue weighted by molar-refractivity contribution is 6.30. The number of rotatable bonds is 4. The maximum absolute atomic E-state index is 10.2. The van der Waals surface area contributed by atoms with Gasteiger partial charge in [-0.15, -0.1) is 0 Å². The van der Waals surface area contributed by atoms with Crippen LogP contribution in [0.4, 0.5) is 0 Å². The molecule has 0 atom stereocenters. The van der Waals surface area contributed by atoms with Crippen LogP contribution in [0.1, 0.15) is 25.6 Å². The summed E-state index contributed by atoms with van der Waals surface area (Å²) >= 11 is 5.98. The highest BCUT2D eigenvalue weighted by Gasteiger charge is 2.14. The number of phenolic OH excluding ortho intramolecular Hbond substituents is 1. The van der Waals surface area contributed by atoms with E-state index in [0.717, 1.165) is 22.3 Å². The fourth-order valence-electron chi connectivity index (χ4n) is 2.74. The topological polar surface area (TPSA) is 34.4 Å². The van der Waals surface area contributed by atoms with Gasteiger partial charge in [0, 0.05) is 16.5 Å². The van der Waals surface area contributed by atoms with Crippen LogP contribution in [0, 0.1) is 0 Å². The lowest BCUT2D eigenvalue weighted by Gasteiger charge is -2.16. The third-order valence-electron chi connectivity index (χ3n) is 3.62. The van der Waals surface area contributed by atoms with Crippen LogP contribution in [-0.2, 0) is 6.61 Å². The molecule has 1 heterocycles. The molecular weight excluding hydrogens is 298 g/mol. The largest absolute Gasteiger partial charge is 0.506 e. The van der Waals surface area contributed by atoms with Gasteiger partial charge in [-0.2, -0.15) is 0 Å². The molecule has 0 bridgehead atoms. The van der Waals surface area contributed by atoms with Gasteiger partial charge in [-0.1, -0.05) is 29.8 Å². The van der Waals surface area contributed by atoms with Crippen molar-refractivity contribution in [1.82, 2.24) is 4.57 Å². The molecule has 0 radical (unpaired) electrons. The Labute approximate surface area is 134 Å². The maximum Gasteiger partial charge on any atom is 0.139 e. The number of aromatic hydroxyl groups is 1. The normalized spacial score (nSPS) is 11.3. The molecule has 0 spiro atoms. The number of phenols is 1. The van der Waals surface area contributed by atoms with E-state index >= 15 is 0 Å². The summed E-state index contributed by atoms with van der Waals surface area (Å²) in [6, 6.07) is 15.2. The minimum absolute atomic E-state index is 0.226. The maximum atomic E-state index is 10.2. The van der Waals surface area contributed by atoms with Crippen molar-refractivity contribution in [3.8, 4) is 11.5 Å². The van der Waals surface area contributed by atoms with Crippen molar-refractivity contribution in [3.05, 3.63) is 59.2 Å². The zero-order valence-electron chi connectivity index (χ0n) is 12.6. The van der Waals surface area contributed by atoms with Gasteiger partial charge in [0.2, 0.25) is 0 Å². The summed E-state index contributed by atoms with van der Waals surface area (Å²) in [7, 11) is 0. The average Bonchev–Trinajstić information content (AvgIpc) is 2.85. The fourth-order valence-corrected chi connectivity index (χ4v) is 2.92. The monoisotopic (exact) mass is 315 g/mol. The molecule has 3 nitrogen and oxygen atoms in total. The Hall–Kier alpha value is -2.13. The molecule has 3 aromatic rings. The lowest BCUT2D eigenvalue weighted by Crippen LogP contribution is -2.08. The Kier molecular flexibility index (Phi) is 3.99. The van der Waals surface area contributed by atoms with Crippen molar-refractivity contribution in [2.75, 3.05) is 0 Å². The molecule has 0 aliphatic rings. The first-order valence-corrected chi connectivity index (χ1v) is 7.64. The molecule has 0 aliphatic heterocycles. The van der Waals surface area contributed by atoms with Crippen LogP contribution in [0.5, 0.6) is 11.5 Å². The molecule has 1 aromatic heterocycles. The molecule has 0 amide bonds. The molecule has 22 heavy (non-hydrogen) atoms. The number of hydrogen-bond donors (Lipinski definition) is 1. The van der Waals surface area contributed by atoms with Gasteiger partial charge in [0.25, 0.3) is 0 Å². The summed E-state index contributed by atoms with van der Waals surface area (Å²) in [5, 5.41) is 11.8. The zero-order valence-corrected chi connectivity index (χ0v) is 13.3. The number of para-hydroxylation sites is 1. The van der Waals surface area contributed by atoms with Crippen molar-refractivity contribution in [1.29, 1.82) is 0 Å². The van der Waals surface area contributed by atoms with Gasteiger partial charge in [0.05, 0.1) is 11.2 Å². The number of ether oxygens (including phenoxy) is 1. The smallest absolute Gasteiger partial charge is 0.139 e. The van der Waals surface area contributed by atoms with E-state index in [4.69, 9.17) is 16.3 Å². The van der Waals surface area contributed by atoms with Crippen LogP contribution in [0.15, 0.2) is 48.5 Å². The van der Waals surface area contributed by atoms with E-state index in [1.165, 1.54) is 0 Å². The van der Waals surface area contributed by atoms with E-state index < -0.39 is 0 Å².